The standard InChI is InChI=1S/C31H56N6O6.C2H6/c1-10-12-16-36(15-11-2)28(41)23(20(5)6)34-30(43)35-25(31(7,8)9)29(42)37-17-13-14-22(37)27(40)33-21(18-19(3)4)24(38)26(32)39;1-2/h19-23,25H,10-18H2,1-9H3,(H2,32,39)(H,33,40)(H2,34,35,43);1-2H3/t21?,22-,23?,25?;/m0./s1. The quantitative estimate of drug-likeness (QED) is 0.189. The highest BCUT2D eigenvalue weighted by atomic mass is 16.2. The lowest BCUT2D eigenvalue weighted by Crippen LogP contribution is -2.61. The zero-order valence-corrected chi connectivity index (χ0v) is 29.7. The van der Waals surface area contributed by atoms with Crippen LogP contribution in [-0.2, 0) is 24.0 Å². The third-order valence-corrected chi connectivity index (χ3v) is 7.62. The fourth-order valence-electron chi connectivity index (χ4n) is 5.24. The van der Waals surface area contributed by atoms with Crippen molar-refractivity contribution < 1.29 is 28.8 Å². The van der Waals surface area contributed by atoms with Gasteiger partial charge in [0, 0.05) is 19.6 Å². The number of primary amides is 1. The Bertz CT molecular complexity index is 993. The molecule has 1 aliphatic heterocycles. The average molecular weight is 639 g/mol. The fourth-order valence-corrected chi connectivity index (χ4v) is 5.24. The normalized spacial score (nSPS) is 16.6. The molecule has 1 aliphatic rings. The molecule has 45 heavy (non-hydrogen) atoms. The third-order valence-electron chi connectivity index (χ3n) is 7.62. The fraction of sp³-hybridized carbons (Fsp3) is 0.818. The number of carbonyl (C=O) groups excluding carboxylic acids is 6. The smallest absolute Gasteiger partial charge is 0.316 e. The summed E-state index contributed by atoms with van der Waals surface area (Å²) in [7, 11) is 0. The highest BCUT2D eigenvalue weighted by Crippen LogP contribution is 2.26. The van der Waals surface area contributed by atoms with E-state index in [4.69, 9.17) is 5.73 Å². The molecule has 0 aromatic rings. The van der Waals surface area contributed by atoms with Crippen LogP contribution in [0.25, 0.3) is 0 Å². The van der Waals surface area contributed by atoms with Crippen molar-refractivity contribution in [3.8, 4) is 0 Å². The average Bonchev–Trinajstić information content (AvgIpc) is 3.45. The lowest BCUT2D eigenvalue weighted by molar-refractivity contribution is -0.143. The molecular weight excluding hydrogens is 576 g/mol. The van der Waals surface area contributed by atoms with Gasteiger partial charge >= 0.3 is 6.03 Å². The van der Waals surface area contributed by atoms with Crippen molar-refractivity contribution in [3.63, 3.8) is 0 Å². The lowest BCUT2D eigenvalue weighted by Gasteiger charge is -2.36. The number of hydrogen-bond acceptors (Lipinski definition) is 6. The van der Waals surface area contributed by atoms with Gasteiger partial charge in [-0.05, 0) is 49.4 Å². The summed E-state index contributed by atoms with van der Waals surface area (Å²) in [4.78, 5) is 81.1. The predicted molar refractivity (Wildman–Crippen MR) is 177 cm³/mol. The van der Waals surface area contributed by atoms with Crippen molar-refractivity contribution in [1.82, 2.24) is 25.8 Å². The van der Waals surface area contributed by atoms with E-state index in [1.165, 1.54) is 4.90 Å². The third kappa shape index (κ3) is 13.4. The first kappa shape index (κ1) is 41.8. The second-order valence-electron chi connectivity index (χ2n) is 13.4. The van der Waals surface area contributed by atoms with Crippen LogP contribution in [0.1, 0.15) is 115 Å². The minimum atomic E-state index is -1.13. The van der Waals surface area contributed by atoms with Crippen molar-refractivity contribution in [1.29, 1.82) is 0 Å². The zero-order valence-electron chi connectivity index (χ0n) is 29.7. The Morgan fingerprint density at radius 3 is 1.98 bits per heavy atom. The lowest BCUT2D eigenvalue weighted by atomic mass is 9.85. The van der Waals surface area contributed by atoms with Crippen molar-refractivity contribution in [2.45, 2.75) is 139 Å². The number of carbonyl (C=O) groups is 6. The molecule has 6 amide bonds. The van der Waals surface area contributed by atoms with Crippen LogP contribution >= 0.6 is 0 Å². The van der Waals surface area contributed by atoms with Crippen LogP contribution in [0.4, 0.5) is 4.79 Å². The van der Waals surface area contributed by atoms with Gasteiger partial charge in [0.05, 0.1) is 6.04 Å². The Labute approximate surface area is 271 Å². The first-order chi connectivity index (χ1) is 21.0. The highest BCUT2D eigenvalue weighted by Gasteiger charge is 2.43. The molecule has 0 aromatic carbocycles. The number of nitrogens with one attached hydrogen (secondary N) is 3. The van der Waals surface area contributed by atoms with Crippen LogP contribution in [0, 0.1) is 17.3 Å². The molecule has 12 nitrogen and oxygen atoms in total. The Balaban J connectivity index is 0.00000947. The van der Waals surface area contributed by atoms with E-state index in [9.17, 15) is 28.8 Å². The molecule has 0 aromatic heterocycles. The number of likely N-dealkylation sites (tertiary alicyclic amines) is 1. The first-order valence-electron chi connectivity index (χ1n) is 16.8. The topological polar surface area (TPSA) is 171 Å². The number of amides is 6. The highest BCUT2D eigenvalue weighted by molar-refractivity contribution is 6.37. The maximum absolute atomic E-state index is 13.9. The van der Waals surface area contributed by atoms with Gasteiger partial charge in [-0.3, -0.25) is 24.0 Å². The monoisotopic (exact) mass is 638 g/mol. The number of urea groups is 1. The van der Waals surface area contributed by atoms with E-state index in [0.29, 0.717) is 32.5 Å². The predicted octanol–water partition coefficient (Wildman–Crippen LogP) is 3.37. The van der Waals surface area contributed by atoms with E-state index in [-0.39, 0.29) is 24.2 Å². The van der Waals surface area contributed by atoms with Crippen LogP contribution in [0.5, 0.6) is 0 Å². The minimum Gasteiger partial charge on any atom is -0.363 e. The van der Waals surface area contributed by atoms with Gasteiger partial charge in [0.2, 0.25) is 23.5 Å². The second kappa shape index (κ2) is 20.0. The van der Waals surface area contributed by atoms with Gasteiger partial charge < -0.3 is 31.5 Å². The molecule has 0 radical (unpaired) electrons. The van der Waals surface area contributed by atoms with E-state index in [1.807, 2.05) is 69.2 Å². The van der Waals surface area contributed by atoms with Crippen LogP contribution in [-0.4, -0.2) is 89.0 Å². The van der Waals surface area contributed by atoms with Gasteiger partial charge in [0.25, 0.3) is 5.91 Å². The molecule has 1 saturated heterocycles. The van der Waals surface area contributed by atoms with Crippen molar-refractivity contribution in [2.24, 2.45) is 23.0 Å². The first-order valence-corrected chi connectivity index (χ1v) is 16.8. The van der Waals surface area contributed by atoms with Gasteiger partial charge in [-0.25, -0.2) is 4.79 Å². The molecule has 260 valence electrons. The number of unbranched alkanes of at least 4 members (excludes halogenated alkanes) is 1. The summed E-state index contributed by atoms with van der Waals surface area (Å²) in [6.45, 7) is 22.4. The van der Waals surface area contributed by atoms with E-state index >= 15 is 0 Å². The largest absolute Gasteiger partial charge is 0.363 e. The molecule has 4 atom stereocenters. The summed E-state index contributed by atoms with van der Waals surface area (Å²) >= 11 is 0. The number of hydrogen-bond donors (Lipinski definition) is 4. The van der Waals surface area contributed by atoms with E-state index < -0.39 is 59.1 Å². The number of rotatable bonds is 16. The van der Waals surface area contributed by atoms with Crippen molar-refractivity contribution in [3.05, 3.63) is 0 Å². The Hall–Kier alpha value is -3.18. The van der Waals surface area contributed by atoms with Crippen molar-refractivity contribution in [2.75, 3.05) is 19.6 Å². The number of Topliss-reactive ketones (excluding diaryl/α,β-unsaturated/α-hetero) is 1. The number of nitrogens with zero attached hydrogens (tertiary/aromatic N) is 2. The van der Waals surface area contributed by atoms with Crippen LogP contribution in [0.15, 0.2) is 0 Å². The Kier molecular flexibility index (Phi) is 18.6. The summed E-state index contributed by atoms with van der Waals surface area (Å²) in [5.74, 6) is -3.33. The SMILES string of the molecule is CC.CCCCN(CCC)C(=O)C(NC(=O)NC(C(=O)N1CCC[C@H]1C(=O)NC(CC(C)C)C(=O)C(N)=O)C(C)(C)C)C(C)C. The van der Waals surface area contributed by atoms with Gasteiger partial charge in [-0.15, -0.1) is 0 Å². The Morgan fingerprint density at radius 2 is 1.51 bits per heavy atom. The maximum Gasteiger partial charge on any atom is 0.316 e. The van der Waals surface area contributed by atoms with E-state index in [0.717, 1.165) is 19.3 Å². The molecule has 0 spiro atoms. The molecule has 0 bridgehead atoms. The molecule has 5 N–H and O–H groups in total. The van der Waals surface area contributed by atoms with Gasteiger partial charge in [-0.1, -0.05) is 82.6 Å². The van der Waals surface area contributed by atoms with Crippen LogP contribution in [0.2, 0.25) is 0 Å². The molecule has 3 unspecified atom stereocenters. The van der Waals surface area contributed by atoms with Gasteiger partial charge in [0.15, 0.2) is 0 Å². The van der Waals surface area contributed by atoms with Crippen LogP contribution < -0.4 is 21.7 Å². The summed E-state index contributed by atoms with van der Waals surface area (Å²) in [5.41, 5.74) is 4.47. The molecule has 1 fully saturated rings. The van der Waals surface area contributed by atoms with Crippen molar-refractivity contribution >= 4 is 35.4 Å². The second-order valence-corrected chi connectivity index (χ2v) is 13.4. The minimum absolute atomic E-state index is 0.00476. The maximum atomic E-state index is 13.9. The van der Waals surface area contributed by atoms with E-state index in [1.54, 1.807) is 4.90 Å². The van der Waals surface area contributed by atoms with Gasteiger partial charge in [0.1, 0.15) is 18.1 Å². The molecular formula is C33H62N6O6. The summed E-state index contributed by atoms with van der Waals surface area (Å²) < 4.78 is 0. The molecule has 1 rings (SSSR count). The number of nitrogens with two attached hydrogens (primary N) is 1. The number of ketones is 1. The Morgan fingerprint density at radius 1 is 0.911 bits per heavy atom. The summed E-state index contributed by atoms with van der Waals surface area (Å²) in [6, 6.07) is -4.38. The summed E-state index contributed by atoms with van der Waals surface area (Å²) in [6.07, 6.45) is 3.76. The zero-order chi connectivity index (χ0) is 35.1. The van der Waals surface area contributed by atoms with Gasteiger partial charge in [-0.2, -0.15) is 0 Å². The summed E-state index contributed by atoms with van der Waals surface area (Å²) in [5, 5.41) is 8.23. The molecule has 0 aliphatic carbocycles. The van der Waals surface area contributed by atoms with E-state index in [2.05, 4.69) is 22.9 Å². The molecule has 1 heterocycles. The molecule has 0 saturated carbocycles. The molecule has 12 heteroatoms. The van der Waals surface area contributed by atoms with Crippen LogP contribution in [0.3, 0.4) is 0 Å².